The molecule has 0 atom stereocenters. The quantitative estimate of drug-likeness (QED) is 0.841. The number of aliphatic hydroxyl groups excluding tert-OH is 1. The van der Waals surface area contributed by atoms with Crippen molar-refractivity contribution in [2.45, 2.75) is 25.9 Å². The highest BCUT2D eigenvalue weighted by Crippen LogP contribution is 2.28. The average Bonchev–Trinajstić information content (AvgIpc) is 2.63. The van der Waals surface area contributed by atoms with E-state index in [9.17, 15) is 14.7 Å². The van der Waals surface area contributed by atoms with Gasteiger partial charge in [-0.3, -0.25) is 9.59 Å². The van der Waals surface area contributed by atoms with Gasteiger partial charge in [0.2, 0.25) is 0 Å². The Morgan fingerprint density at radius 3 is 2.24 bits per heavy atom. The van der Waals surface area contributed by atoms with Crippen LogP contribution in [0.4, 0.5) is 11.4 Å². The standard InChI is InChI=1S/C20H22N2O3/c1-14(23)15-6-8-16(9-7-15)20(25)21-18-4-2-3-5-19(18)22-12-10-17(24)11-13-22/h2-9,17,24H,10-13H2,1H3,(H,21,25). The Kier molecular flexibility index (Phi) is 5.14. The summed E-state index contributed by atoms with van der Waals surface area (Å²) in [5.74, 6) is -0.232. The van der Waals surface area contributed by atoms with E-state index in [1.165, 1.54) is 6.92 Å². The van der Waals surface area contributed by atoms with E-state index in [0.717, 1.165) is 37.3 Å². The summed E-state index contributed by atoms with van der Waals surface area (Å²) in [6.07, 6.45) is 1.22. The fourth-order valence-electron chi connectivity index (χ4n) is 3.01. The predicted molar refractivity (Wildman–Crippen MR) is 98.3 cm³/mol. The number of rotatable bonds is 4. The van der Waals surface area contributed by atoms with E-state index in [4.69, 9.17) is 0 Å². The lowest BCUT2D eigenvalue weighted by molar-refractivity contribution is 0.101. The minimum absolute atomic E-state index is 0.0235. The molecule has 25 heavy (non-hydrogen) atoms. The van der Waals surface area contributed by atoms with Crippen LogP contribution in [0.15, 0.2) is 48.5 Å². The molecule has 1 aliphatic rings. The average molecular weight is 338 g/mol. The van der Waals surface area contributed by atoms with Gasteiger partial charge in [0.05, 0.1) is 17.5 Å². The summed E-state index contributed by atoms with van der Waals surface area (Å²) in [5.41, 5.74) is 2.81. The molecule has 0 aliphatic carbocycles. The number of carbonyl (C=O) groups is 2. The van der Waals surface area contributed by atoms with Gasteiger partial charge in [-0.25, -0.2) is 0 Å². The Hall–Kier alpha value is -2.66. The van der Waals surface area contributed by atoms with Crippen molar-refractivity contribution in [1.82, 2.24) is 0 Å². The van der Waals surface area contributed by atoms with Gasteiger partial charge in [-0.1, -0.05) is 24.3 Å². The van der Waals surface area contributed by atoms with Crippen molar-refractivity contribution >= 4 is 23.1 Å². The molecule has 2 aromatic rings. The number of aliphatic hydroxyl groups is 1. The number of carbonyl (C=O) groups excluding carboxylic acids is 2. The largest absolute Gasteiger partial charge is 0.393 e. The van der Waals surface area contributed by atoms with Crippen LogP contribution < -0.4 is 10.2 Å². The fraction of sp³-hybridized carbons (Fsp3) is 0.300. The third-order valence-corrected chi connectivity index (χ3v) is 4.51. The van der Waals surface area contributed by atoms with Gasteiger partial charge in [0.25, 0.3) is 5.91 Å². The molecule has 3 rings (SSSR count). The number of hydrogen-bond donors (Lipinski definition) is 2. The third kappa shape index (κ3) is 4.06. The molecule has 5 heteroatoms. The first-order valence-electron chi connectivity index (χ1n) is 8.49. The van der Waals surface area contributed by atoms with Gasteiger partial charge in [0.15, 0.2) is 5.78 Å². The Morgan fingerprint density at radius 1 is 1.00 bits per heavy atom. The lowest BCUT2D eigenvalue weighted by Gasteiger charge is -2.32. The van der Waals surface area contributed by atoms with E-state index in [1.807, 2.05) is 24.3 Å². The zero-order valence-electron chi connectivity index (χ0n) is 14.2. The van der Waals surface area contributed by atoms with Crippen molar-refractivity contribution in [2.24, 2.45) is 0 Å². The number of piperidine rings is 1. The van der Waals surface area contributed by atoms with Crippen LogP contribution in [0, 0.1) is 0 Å². The summed E-state index contributed by atoms with van der Waals surface area (Å²) in [6.45, 7) is 3.03. The van der Waals surface area contributed by atoms with E-state index in [0.29, 0.717) is 11.1 Å². The molecule has 1 aliphatic heterocycles. The number of benzene rings is 2. The summed E-state index contributed by atoms with van der Waals surface area (Å²) in [6, 6.07) is 14.3. The molecule has 1 heterocycles. The molecule has 0 aromatic heterocycles. The number of ketones is 1. The Bertz CT molecular complexity index is 763. The van der Waals surface area contributed by atoms with Gasteiger partial charge >= 0.3 is 0 Å². The highest BCUT2D eigenvalue weighted by molar-refractivity contribution is 6.06. The van der Waals surface area contributed by atoms with E-state index >= 15 is 0 Å². The van der Waals surface area contributed by atoms with Crippen molar-refractivity contribution in [3.8, 4) is 0 Å². The van der Waals surface area contributed by atoms with Gasteiger partial charge in [0.1, 0.15) is 0 Å². The maximum atomic E-state index is 12.5. The SMILES string of the molecule is CC(=O)c1ccc(C(=O)Nc2ccccc2N2CCC(O)CC2)cc1. The molecule has 1 saturated heterocycles. The lowest BCUT2D eigenvalue weighted by Crippen LogP contribution is -2.36. The van der Waals surface area contributed by atoms with Crippen LogP contribution in [0.3, 0.4) is 0 Å². The van der Waals surface area contributed by atoms with Gasteiger partial charge in [-0.2, -0.15) is 0 Å². The topological polar surface area (TPSA) is 69.6 Å². The zero-order chi connectivity index (χ0) is 17.8. The molecule has 1 amide bonds. The highest BCUT2D eigenvalue weighted by atomic mass is 16.3. The monoisotopic (exact) mass is 338 g/mol. The normalized spacial score (nSPS) is 15.0. The molecule has 5 nitrogen and oxygen atoms in total. The summed E-state index contributed by atoms with van der Waals surface area (Å²) in [7, 11) is 0. The maximum Gasteiger partial charge on any atom is 0.255 e. The third-order valence-electron chi connectivity index (χ3n) is 4.51. The van der Waals surface area contributed by atoms with Crippen LogP contribution in [-0.4, -0.2) is 36.0 Å². The van der Waals surface area contributed by atoms with Gasteiger partial charge in [-0.15, -0.1) is 0 Å². The van der Waals surface area contributed by atoms with Crippen molar-refractivity contribution in [1.29, 1.82) is 0 Å². The maximum absolute atomic E-state index is 12.5. The van der Waals surface area contributed by atoms with Gasteiger partial charge in [-0.05, 0) is 44.0 Å². The Balaban J connectivity index is 1.76. The highest BCUT2D eigenvalue weighted by Gasteiger charge is 2.20. The molecule has 0 unspecified atom stereocenters. The number of Topliss-reactive ketones (excluding diaryl/α,β-unsaturated/α-hetero) is 1. The summed E-state index contributed by atoms with van der Waals surface area (Å²) in [4.78, 5) is 26.0. The smallest absolute Gasteiger partial charge is 0.255 e. The molecule has 1 fully saturated rings. The van der Waals surface area contributed by atoms with Crippen LogP contribution in [0.25, 0.3) is 0 Å². The number of nitrogens with zero attached hydrogens (tertiary/aromatic N) is 1. The second kappa shape index (κ2) is 7.49. The minimum Gasteiger partial charge on any atom is -0.393 e. The Labute approximate surface area is 147 Å². The van der Waals surface area contributed by atoms with E-state index in [1.54, 1.807) is 24.3 Å². The fourth-order valence-corrected chi connectivity index (χ4v) is 3.01. The van der Waals surface area contributed by atoms with Crippen LogP contribution in [0.2, 0.25) is 0 Å². The Morgan fingerprint density at radius 2 is 1.60 bits per heavy atom. The van der Waals surface area contributed by atoms with Crippen LogP contribution >= 0.6 is 0 Å². The number of hydrogen-bond acceptors (Lipinski definition) is 4. The first-order valence-corrected chi connectivity index (χ1v) is 8.49. The van der Waals surface area contributed by atoms with Gasteiger partial charge < -0.3 is 15.3 Å². The number of nitrogens with one attached hydrogen (secondary N) is 1. The number of anilines is 2. The molecule has 0 radical (unpaired) electrons. The molecule has 130 valence electrons. The van der Waals surface area contributed by atoms with E-state index in [2.05, 4.69) is 10.2 Å². The van der Waals surface area contributed by atoms with Crippen molar-refractivity contribution in [3.05, 3.63) is 59.7 Å². The van der Waals surface area contributed by atoms with E-state index in [-0.39, 0.29) is 17.8 Å². The second-order valence-electron chi connectivity index (χ2n) is 6.32. The predicted octanol–water partition coefficient (Wildman–Crippen LogP) is 3.10. The van der Waals surface area contributed by atoms with Gasteiger partial charge in [0, 0.05) is 24.2 Å². The summed E-state index contributed by atoms with van der Waals surface area (Å²) >= 11 is 0. The van der Waals surface area contributed by atoms with Crippen LogP contribution in [0.5, 0.6) is 0 Å². The molecular formula is C20H22N2O3. The number of para-hydroxylation sites is 2. The molecule has 2 N–H and O–H groups in total. The first-order chi connectivity index (χ1) is 12.0. The minimum atomic E-state index is -0.238. The lowest BCUT2D eigenvalue weighted by atomic mass is 10.1. The molecule has 0 saturated carbocycles. The zero-order valence-corrected chi connectivity index (χ0v) is 14.2. The van der Waals surface area contributed by atoms with Crippen molar-refractivity contribution < 1.29 is 14.7 Å². The summed E-state index contributed by atoms with van der Waals surface area (Å²) < 4.78 is 0. The first kappa shape index (κ1) is 17.2. The number of amides is 1. The molecule has 2 aromatic carbocycles. The van der Waals surface area contributed by atoms with E-state index < -0.39 is 0 Å². The summed E-state index contributed by atoms with van der Waals surface area (Å²) in [5, 5.41) is 12.6. The van der Waals surface area contributed by atoms with Crippen LogP contribution in [0.1, 0.15) is 40.5 Å². The molecule has 0 bridgehead atoms. The molecular weight excluding hydrogens is 316 g/mol. The van der Waals surface area contributed by atoms with Crippen LogP contribution in [-0.2, 0) is 0 Å². The van der Waals surface area contributed by atoms with Crippen molar-refractivity contribution in [2.75, 3.05) is 23.3 Å². The second-order valence-corrected chi connectivity index (χ2v) is 6.32. The van der Waals surface area contributed by atoms with Crippen molar-refractivity contribution in [3.63, 3.8) is 0 Å². The molecule has 0 spiro atoms.